The van der Waals surface area contributed by atoms with E-state index in [1.165, 1.54) is 6.42 Å². The summed E-state index contributed by atoms with van der Waals surface area (Å²) in [5, 5.41) is 2.84. The van der Waals surface area contributed by atoms with Crippen molar-refractivity contribution in [3.8, 4) is 0 Å². The molecule has 0 rings (SSSR count). The van der Waals surface area contributed by atoms with Crippen LogP contribution in [-0.4, -0.2) is 7.05 Å². The van der Waals surface area contributed by atoms with E-state index in [4.69, 9.17) is 0 Å². The largest absolute Gasteiger partial charge is 0.394 e. The lowest BCUT2D eigenvalue weighted by Crippen LogP contribution is -1.89. The molecule has 0 atom stereocenters. The standard InChI is InChI=1S/C5H12.C4H9N.2C2H6/c1-4-5(2)3;1-3-4-5-2;2*1-2/h5H,4H2,1-3H3;3-5H,1-2H3;2*1-2H3/b;4-3+;;. The molecule has 1 N–H and O–H groups in total. The summed E-state index contributed by atoms with van der Waals surface area (Å²) >= 11 is 0. The van der Waals surface area contributed by atoms with E-state index in [1.54, 1.807) is 0 Å². The minimum absolute atomic E-state index is 0.884. The second-order valence-electron chi connectivity index (χ2n) is 2.59. The van der Waals surface area contributed by atoms with Gasteiger partial charge in [-0.3, -0.25) is 0 Å². The fourth-order valence-corrected chi connectivity index (χ4v) is 0.167. The van der Waals surface area contributed by atoms with Crippen molar-refractivity contribution in [2.45, 2.75) is 61.8 Å². The fraction of sp³-hybridized carbons (Fsp3) is 0.846. The zero-order chi connectivity index (χ0) is 12.4. The third-order valence-corrected chi connectivity index (χ3v) is 1.15. The maximum atomic E-state index is 2.84. The molecule has 0 unspecified atom stereocenters. The molecule has 0 aromatic heterocycles. The number of rotatable bonds is 2. The highest BCUT2D eigenvalue weighted by Gasteiger charge is 1.80. The second-order valence-corrected chi connectivity index (χ2v) is 2.59. The third kappa shape index (κ3) is 102. The number of allylic oxidation sites excluding steroid dienone is 1. The molecule has 0 spiro atoms. The Kier molecular flexibility index (Phi) is 65.2. The van der Waals surface area contributed by atoms with E-state index < -0.39 is 0 Å². The molecule has 0 saturated carbocycles. The maximum Gasteiger partial charge on any atom is 0.00276 e. The SMILES string of the molecule is C/C=C/NC.CC.CC.CCC(C)C. The van der Waals surface area contributed by atoms with Gasteiger partial charge in [-0.25, -0.2) is 0 Å². The molecule has 0 saturated heterocycles. The summed E-state index contributed by atoms with van der Waals surface area (Å²) in [5.41, 5.74) is 0. The zero-order valence-corrected chi connectivity index (χ0v) is 11.9. The Balaban J connectivity index is -0.0000000528. The van der Waals surface area contributed by atoms with E-state index in [0.717, 1.165) is 5.92 Å². The van der Waals surface area contributed by atoms with Crippen molar-refractivity contribution in [2.24, 2.45) is 5.92 Å². The molecular formula is C13H33N. The molecule has 0 heterocycles. The average Bonchev–Trinajstić information content (AvgIpc) is 2.26. The number of nitrogens with one attached hydrogen (secondary N) is 1. The van der Waals surface area contributed by atoms with Crippen molar-refractivity contribution in [3.63, 3.8) is 0 Å². The van der Waals surface area contributed by atoms with Crippen molar-refractivity contribution in [3.05, 3.63) is 12.3 Å². The normalized spacial score (nSPS) is 7.57. The van der Waals surface area contributed by atoms with E-state index in [9.17, 15) is 0 Å². The highest BCUT2D eigenvalue weighted by Crippen LogP contribution is 1.93. The predicted octanol–water partition coefficient (Wildman–Crippen LogP) is 4.84. The minimum Gasteiger partial charge on any atom is -0.394 e. The smallest absolute Gasteiger partial charge is 0.00276 e. The van der Waals surface area contributed by atoms with Crippen molar-refractivity contribution >= 4 is 0 Å². The van der Waals surface area contributed by atoms with Crippen LogP contribution >= 0.6 is 0 Å². The lowest BCUT2D eigenvalue weighted by molar-refractivity contribution is 0.626. The van der Waals surface area contributed by atoms with Crippen molar-refractivity contribution < 1.29 is 0 Å². The molecule has 0 aromatic rings. The van der Waals surface area contributed by atoms with Crippen LogP contribution in [0.3, 0.4) is 0 Å². The Morgan fingerprint density at radius 1 is 1.07 bits per heavy atom. The summed E-state index contributed by atoms with van der Waals surface area (Å²) in [7, 11) is 1.88. The first kappa shape index (κ1) is 23.4. The summed E-state index contributed by atoms with van der Waals surface area (Å²) in [6.45, 7) is 16.6. The molecule has 0 aliphatic rings. The summed E-state index contributed by atoms with van der Waals surface area (Å²) in [4.78, 5) is 0. The van der Waals surface area contributed by atoms with Crippen LogP contribution in [0.25, 0.3) is 0 Å². The fourth-order valence-electron chi connectivity index (χ4n) is 0.167. The lowest BCUT2D eigenvalue weighted by Gasteiger charge is -1.90. The first-order chi connectivity index (χ1) is 6.68. The van der Waals surface area contributed by atoms with Gasteiger partial charge in [-0.15, -0.1) is 0 Å². The first-order valence-electron chi connectivity index (χ1n) is 5.97. The highest BCUT2D eigenvalue weighted by molar-refractivity contribution is 4.70. The lowest BCUT2D eigenvalue weighted by atomic mass is 10.2. The Morgan fingerprint density at radius 2 is 1.36 bits per heavy atom. The molecule has 0 aromatic carbocycles. The quantitative estimate of drug-likeness (QED) is 0.677. The van der Waals surface area contributed by atoms with Gasteiger partial charge in [0.05, 0.1) is 0 Å². The van der Waals surface area contributed by atoms with Crippen LogP contribution in [0, 0.1) is 5.92 Å². The monoisotopic (exact) mass is 203 g/mol. The van der Waals surface area contributed by atoms with E-state index in [0.29, 0.717) is 0 Å². The van der Waals surface area contributed by atoms with Crippen LogP contribution in [0.5, 0.6) is 0 Å². The van der Waals surface area contributed by atoms with Crippen LogP contribution in [0.15, 0.2) is 12.3 Å². The van der Waals surface area contributed by atoms with Crippen LogP contribution in [0.1, 0.15) is 61.8 Å². The van der Waals surface area contributed by atoms with Gasteiger partial charge in [0.2, 0.25) is 0 Å². The van der Waals surface area contributed by atoms with Gasteiger partial charge in [-0.2, -0.15) is 0 Å². The van der Waals surface area contributed by atoms with E-state index >= 15 is 0 Å². The van der Waals surface area contributed by atoms with Gasteiger partial charge >= 0.3 is 0 Å². The topological polar surface area (TPSA) is 12.0 Å². The van der Waals surface area contributed by atoms with Gasteiger partial charge in [-0.05, 0) is 19.0 Å². The van der Waals surface area contributed by atoms with Crippen LogP contribution in [0.2, 0.25) is 0 Å². The van der Waals surface area contributed by atoms with Crippen molar-refractivity contribution in [1.82, 2.24) is 5.32 Å². The summed E-state index contributed by atoms with van der Waals surface area (Å²) in [6, 6.07) is 0. The maximum absolute atomic E-state index is 2.84. The molecule has 0 aliphatic heterocycles. The third-order valence-electron chi connectivity index (χ3n) is 1.15. The Hall–Kier alpha value is -0.460. The summed E-state index contributed by atoms with van der Waals surface area (Å²) < 4.78 is 0. The van der Waals surface area contributed by atoms with Crippen LogP contribution in [-0.2, 0) is 0 Å². The Bertz CT molecular complexity index is 65.6. The Morgan fingerprint density at radius 3 is 1.36 bits per heavy atom. The minimum atomic E-state index is 0.884. The van der Waals surface area contributed by atoms with Gasteiger partial charge < -0.3 is 5.32 Å². The van der Waals surface area contributed by atoms with Gasteiger partial charge in [-0.1, -0.05) is 61.0 Å². The molecule has 0 aliphatic carbocycles. The molecule has 1 nitrogen and oxygen atoms in total. The molecular weight excluding hydrogens is 170 g/mol. The molecule has 14 heavy (non-hydrogen) atoms. The predicted molar refractivity (Wildman–Crippen MR) is 71.7 cm³/mol. The van der Waals surface area contributed by atoms with Gasteiger partial charge in [0.25, 0.3) is 0 Å². The molecule has 0 fully saturated rings. The molecule has 0 radical (unpaired) electrons. The van der Waals surface area contributed by atoms with E-state index in [1.807, 2.05) is 53.9 Å². The van der Waals surface area contributed by atoms with E-state index in [-0.39, 0.29) is 0 Å². The Labute approximate surface area is 93.0 Å². The molecule has 90 valence electrons. The average molecular weight is 203 g/mol. The molecule has 1 heteroatoms. The highest BCUT2D eigenvalue weighted by atomic mass is 14.8. The summed E-state index contributed by atoms with van der Waals surface area (Å²) in [5.74, 6) is 0.884. The second kappa shape index (κ2) is 39.0. The molecule has 0 amide bonds. The van der Waals surface area contributed by atoms with Gasteiger partial charge in [0.15, 0.2) is 0 Å². The summed E-state index contributed by atoms with van der Waals surface area (Å²) in [6.07, 6.45) is 5.12. The first-order valence-corrected chi connectivity index (χ1v) is 5.97. The van der Waals surface area contributed by atoms with Gasteiger partial charge in [0.1, 0.15) is 0 Å². The van der Waals surface area contributed by atoms with Crippen LogP contribution in [0.4, 0.5) is 0 Å². The van der Waals surface area contributed by atoms with Crippen molar-refractivity contribution in [2.75, 3.05) is 7.05 Å². The molecule has 0 bridgehead atoms. The van der Waals surface area contributed by atoms with Gasteiger partial charge in [0, 0.05) is 7.05 Å². The van der Waals surface area contributed by atoms with E-state index in [2.05, 4.69) is 26.1 Å². The van der Waals surface area contributed by atoms with Crippen molar-refractivity contribution in [1.29, 1.82) is 0 Å². The van der Waals surface area contributed by atoms with Crippen LogP contribution < -0.4 is 5.32 Å². The number of hydrogen-bond acceptors (Lipinski definition) is 1. The number of hydrogen-bond donors (Lipinski definition) is 1. The zero-order valence-electron chi connectivity index (χ0n) is 11.9.